The van der Waals surface area contributed by atoms with Crippen molar-refractivity contribution in [1.82, 2.24) is 0 Å². The van der Waals surface area contributed by atoms with E-state index < -0.39 is 5.97 Å². The van der Waals surface area contributed by atoms with Gasteiger partial charge in [-0.15, -0.1) is 0 Å². The number of carbonyl (C=O) groups is 1. The number of fused-ring (bicyclic) bond motifs is 1. The standard InChI is InChI=1S/C17H18O5/c18-17(19)14-5-4-13-10-15(7-6-12(13)9-14)21-11-22-16-3-1-2-8-20-16/h4-7,9-10,16H,1-3,8,11H2,(H,18,19). The molecule has 0 aromatic heterocycles. The Balaban J connectivity index is 1.62. The Labute approximate surface area is 128 Å². The smallest absolute Gasteiger partial charge is 0.335 e. The van der Waals surface area contributed by atoms with Crippen LogP contribution in [0.3, 0.4) is 0 Å². The molecular formula is C17H18O5. The topological polar surface area (TPSA) is 65.0 Å². The van der Waals surface area contributed by atoms with Crippen molar-refractivity contribution in [3.63, 3.8) is 0 Å². The van der Waals surface area contributed by atoms with Crippen LogP contribution in [0, 0.1) is 0 Å². The van der Waals surface area contributed by atoms with Gasteiger partial charge in [0.1, 0.15) is 5.75 Å². The molecule has 0 spiro atoms. The van der Waals surface area contributed by atoms with Crippen LogP contribution in [0.5, 0.6) is 5.75 Å². The van der Waals surface area contributed by atoms with Crippen LogP contribution in [0.25, 0.3) is 10.8 Å². The van der Waals surface area contributed by atoms with E-state index in [-0.39, 0.29) is 18.6 Å². The van der Waals surface area contributed by atoms with Crippen LogP contribution in [0.1, 0.15) is 29.6 Å². The monoisotopic (exact) mass is 302 g/mol. The lowest BCUT2D eigenvalue weighted by atomic mass is 10.1. The molecule has 0 aliphatic carbocycles. The Bertz CT molecular complexity index is 661. The van der Waals surface area contributed by atoms with Crippen molar-refractivity contribution >= 4 is 16.7 Å². The maximum atomic E-state index is 11.0. The molecule has 3 rings (SSSR count). The van der Waals surface area contributed by atoms with Crippen LogP contribution in [0.2, 0.25) is 0 Å². The number of benzene rings is 2. The lowest BCUT2D eigenvalue weighted by molar-refractivity contribution is -0.190. The molecule has 5 heteroatoms. The zero-order valence-electron chi connectivity index (χ0n) is 12.2. The van der Waals surface area contributed by atoms with Crippen LogP contribution in [0.15, 0.2) is 36.4 Å². The van der Waals surface area contributed by atoms with E-state index in [4.69, 9.17) is 19.3 Å². The molecule has 1 aliphatic rings. The largest absolute Gasteiger partial charge is 0.478 e. The number of aromatic carboxylic acids is 1. The van der Waals surface area contributed by atoms with Crippen molar-refractivity contribution in [2.24, 2.45) is 0 Å². The number of carboxylic acid groups (broad SMARTS) is 1. The molecule has 1 atom stereocenters. The SMILES string of the molecule is O=C(O)c1ccc2cc(OCOC3CCCCO3)ccc2c1. The van der Waals surface area contributed by atoms with Crippen LogP contribution in [-0.2, 0) is 9.47 Å². The molecule has 1 unspecified atom stereocenters. The second-order valence-electron chi connectivity index (χ2n) is 5.25. The summed E-state index contributed by atoms with van der Waals surface area (Å²) < 4.78 is 16.6. The second-order valence-corrected chi connectivity index (χ2v) is 5.25. The Morgan fingerprint density at radius 1 is 1.18 bits per heavy atom. The van der Waals surface area contributed by atoms with Crippen molar-refractivity contribution in [2.75, 3.05) is 13.4 Å². The molecule has 1 heterocycles. The molecule has 116 valence electrons. The lowest BCUT2D eigenvalue weighted by Crippen LogP contribution is -2.24. The van der Waals surface area contributed by atoms with E-state index in [0.717, 1.165) is 36.6 Å². The fourth-order valence-electron chi connectivity index (χ4n) is 2.47. The molecular weight excluding hydrogens is 284 g/mol. The van der Waals surface area contributed by atoms with Gasteiger partial charge in [-0.05, 0) is 54.3 Å². The summed E-state index contributed by atoms with van der Waals surface area (Å²) in [5.74, 6) is -0.241. The fraction of sp³-hybridized carbons (Fsp3) is 0.353. The van der Waals surface area contributed by atoms with Gasteiger partial charge in [0.2, 0.25) is 0 Å². The molecule has 1 N–H and O–H groups in total. The molecule has 1 aliphatic heterocycles. The summed E-state index contributed by atoms with van der Waals surface area (Å²) in [5.41, 5.74) is 0.277. The van der Waals surface area contributed by atoms with Crippen molar-refractivity contribution in [3.8, 4) is 5.75 Å². The predicted molar refractivity (Wildman–Crippen MR) is 81.1 cm³/mol. The first-order valence-electron chi connectivity index (χ1n) is 7.35. The highest BCUT2D eigenvalue weighted by molar-refractivity contribution is 5.94. The minimum Gasteiger partial charge on any atom is -0.478 e. The lowest BCUT2D eigenvalue weighted by Gasteiger charge is -2.22. The van der Waals surface area contributed by atoms with Crippen molar-refractivity contribution in [3.05, 3.63) is 42.0 Å². The van der Waals surface area contributed by atoms with E-state index in [2.05, 4.69) is 0 Å². The number of ether oxygens (including phenoxy) is 3. The Morgan fingerprint density at radius 3 is 2.77 bits per heavy atom. The molecule has 22 heavy (non-hydrogen) atoms. The van der Waals surface area contributed by atoms with Crippen LogP contribution < -0.4 is 4.74 Å². The summed E-state index contributed by atoms with van der Waals surface area (Å²) in [4.78, 5) is 11.0. The molecule has 5 nitrogen and oxygen atoms in total. The molecule has 1 saturated heterocycles. The maximum Gasteiger partial charge on any atom is 0.335 e. The Kier molecular flexibility index (Phi) is 4.56. The van der Waals surface area contributed by atoms with Gasteiger partial charge in [-0.3, -0.25) is 0 Å². The van der Waals surface area contributed by atoms with Gasteiger partial charge in [0, 0.05) is 6.61 Å². The molecule has 0 bridgehead atoms. The summed E-state index contributed by atoms with van der Waals surface area (Å²) in [5, 5.41) is 10.8. The van der Waals surface area contributed by atoms with E-state index in [1.165, 1.54) is 0 Å². The van der Waals surface area contributed by atoms with E-state index in [0.29, 0.717) is 5.75 Å². The average Bonchev–Trinajstić information content (AvgIpc) is 2.55. The molecule has 0 saturated carbocycles. The Morgan fingerprint density at radius 2 is 2.00 bits per heavy atom. The Hall–Kier alpha value is -2.11. The summed E-state index contributed by atoms with van der Waals surface area (Å²) in [7, 11) is 0. The highest BCUT2D eigenvalue weighted by Gasteiger charge is 2.14. The van der Waals surface area contributed by atoms with Crippen molar-refractivity contribution in [1.29, 1.82) is 0 Å². The highest BCUT2D eigenvalue weighted by Crippen LogP contribution is 2.22. The van der Waals surface area contributed by atoms with Gasteiger partial charge >= 0.3 is 5.97 Å². The zero-order chi connectivity index (χ0) is 15.4. The normalized spacial score (nSPS) is 18.3. The molecule has 2 aromatic carbocycles. The number of carboxylic acids is 1. The van der Waals surface area contributed by atoms with Gasteiger partial charge in [-0.2, -0.15) is 0 Å². The van der Waals surface area contributed by atoms with E-state index >= 15 is 0 Å². The van der Waals surface area contributed by atoms with Gasteiger partial charge in [-0.25, -0.2) is 4.79 Å². The van der Waals surface area contributed by atoms with Gasteiger partial charge in [-0.1, -0.05) is 12.1 Å². The quantitative estimate of drug-likeness (QED) is 0.857. The van der Waals surface area contributed by atoms with Gasteiger partial charge in [0.25, 0.3) is 0 Å². The van der Waals surface area contributed by atoms with Crippen molar-refractivity contribution < 1.29 is 24.1 Å². The third-order valence-corrected chi connectivity index (χ3v) is 3.68. The minimum atomic E-state index is -0.928. The highest BCUT2D eigenvalue weighted by atomic mass is 16.7. The average molecular weight is 302 g/mol. The number of hydrogen-bond acceptors (Lipinski definition) is 4. The summed E-state index contributed by atoms with van der Waals surface area (Å²) in [6.45, 7) is 0.885. The predicted octanol–water partition coefficient (Wildman–Crippen LogP) is 3.42. The van der Waals surface area contributed by atoms with E-state index in [9.17, 15) is 4.79 Å². The van der Waals surface area contributed by atoms with Crippen LogP contribution in [0.4, 0.5) is 0 Å². The third-order valence-electron chi connectivity index (χ3n) is 3.68. The first-order chi connectivity index (χ1) is 10.7. The van der Waals surface area contributed by atoms with Crippen LogP contribution >= 0.6 is 0 Å². The van der Waals surface area contributed by atoms with Gasteiger partial charge in [0.15, 0.2) is 13.1 Å². The van der Waals surface area contributed by atoms with Crippen LogP contribution in [-0.4, -0.2) is 30.8 Å². The van der Waals surface area contributed by atoms with Gasteiger partial charge in [0.05, 0.1) is 5.56 Å². The summed E-state index contributed by atoms with van der Waals surface area (Å²) >= 11 is 0. The number of rotatable bonds is 5. The molecule has 0 radical (unpaired) electrons. The first-order valence-corrected chi connectivity index (χ1v) is 7.35. The van der Waals surface area contributed by atoms with Crippen molar-refractivity contribution in [2.45, 2.75) is 25.6 Å². The van der Waals surface area contributed by atoms with Gasteiger partial charge < -0.3 is 19.3 Å². The van der Waals surface area contributed by atoms with E-state index in [1.807, 2.05) is 12.1 Å². The number of hydrogen-bond donors (Lipinski definition) is 1. The maximum absolute atomic E-state index is 11.0. The minimum absolute atomic E-state index is 0.142. The molecule has 0 amide bonds. The third kappa shape index (κ3) is 3.55. The summed E-state index contributed by atoms with van der Waals surface area (Å²) in [6, 6.07) is 10.5. The molecule has 2 aromatic rings. The fourth-order valence-corrected chi connectivity index (χ4v) is 2.47. The first kappa shape index (κ1) is 14.8. The molecule has 1 fully saturated rings. The van der Waals surface area contributed by atoms with E-state index in [1.54, 1.807) is 24.3 Å². The second kappa shape index (κ2) is 6.77. The summed E-state index contributed by atoms with van der Waals surface area (Å²) in [6.07, 6.45) is 2.93. The zero-order valence-corrected chi connectivity index (χ0v) is 12.2.